The monoisotopic (exact) mass is 381 g/mol. The van der Waals surface area contributed by atoms with Gasteiger partial charge in [0.25, 0.3) is 0 Å². The van der Waals surface area contributed by atoms with E-state index in [1.54, 1.807) is 0 Å². The van der Waals surface area contributed by atoms with Crippen LogP contribution in [0.25, 0.3) is 0 Å². The minimum absolute atomic E-state index is 0.188. The number of hydrogen-bond donors (Lipinski definition) is 1. The summed E-state index contributed by atoms with van der Waals surface area (Å²) in [6.07, 6.45) is -3.07. The van der Waals surface area contributed by atoms with Crippen LogP contribution in [0.15, 0.2) is 28.6 Å². The number of halogens is 3. The predicted molar refractivity (Wildman–Crippen MR) is 91.1 cm³/mol. The fourth-order valence-corrected chi connectivity index (χ4v) is 3.53. The van der Waals surface area contributed by atoms with Crippen LogP contribution in [-0.2, 0) is 19.1 Å². The molecule has 144 valence electrons. The summed E-state index contributed by atoms with van der Waals surface area (Å²) in [7, 11) is 1.49. The Morgan fingerprint density at radius 1 is 1.41 bits per heavy atom. The van der Waals surface area contributed by atoms with E-state index >= 15 is 0 Å². The van der Waals surface area contributed by atoms with Gasteiger partial charge in [-0.05, 0) is 31.1 Å². The number of aliphatic imine (C=N–C) groups is 1. The number of pyridine rings is 1. The summed E-state index contributed by atoms with van der Waals surface area (Å²) in [4.78, 5) is 24.2. The van der Waals surface area contributed by atoms with Crippen LogP contribution < -0.4 is 5.42 Å². The molecule has 10 heteroatoms. The van der Waals surface area contributed by atoms with Crippen molar-refractivity contribution in [1.82, 2.24) is 25.2 Å². The zero-order valence-corrected chi connectivity index (χ0v) is 15.1. The Labute approximate surface area is 155 Å². The molecule has 1 N–H and O–H groups in total. The first-order valence-corrected chi connectivity index (χ1v) is 8.55. The van der Waals surface area contributed by atoms with Gasteiger partial charge in [-0.25, -0.2) is 9.80 Å². The SMILES string of the molecule is [2H]N1C2=NC(N3CCc4ncc(C(F)(F)F)cc4C3)=C(C)C(C)N2C(=O)N1C. The Hall–Kier alpha value is -2.78. The molecule has 3 aliphatic rings. The largest absolute Gasteiger partial charge is 0.417 e. The van der Waals surface area contributed by atoms with Crippen LogP contribution in [0.1, 0.15) is 30.7 Å². The third-order valence-corrected chi connectivity index (χ3v) is 5.18. The van der Waals surface area contributed by atoms with E-state index in [1.807, 2.05) is 18.7 Å². The summed E-state index contributed by atoms with van der Waals surface area (Å²) >= 11 is 0. The molecule has 4 rings (SSSR count). The average Bonchev–Trinajstić information content (AvgIpc) is 2.87. The lowest BCUT2D eigenvalue weighted by molar-refractivity contribution is -0.137. The molecule has 1 fully saturated rings. The highest BCUT2D eigenvalue weighted by molar-refractivity contribution is 6.03. The van der Waals surface area contributed by atoms with E-state index in [4.69, 9.17) is 1.41 Å². The van der Waals surface area contributed by atoms with Crippen LogP contribution in [0.5, 0.6) is 0 Å². The van der Waals surface area contributed by atoms with Gasteiger partial charge in [-0.3, -0.25) is 15.3 Å². The van der Waals surface area contributed by atoms with Crippen molar-refractivity contribution in [1.29, 1.82) is 0 Å². The molecule has 1 saturated heterocycles. The smallest absolute Gasteiger partial charge is 0.352 e. The molecule has 0 bridgehead atoms. The minimum atomic E-state index is -4.44. The Kier molecular flexibility index (Phi) is 3.56. The Morgan fingerprint density at radius 3 is 2.85 bits per heavy atom. The number of carbonyl (C=O) groups excluding carboxylic acids is 1. The molecule has 4 heterocycles. The maximum Gasteiger partial charge on any atom is 0.417 e. The molecular weight excluding hydrogens is 361 g/mol. The highest BCUT2D eigenvalue weighted by atomic mass is 19.4. The van der Waals surface area contributed by atoms with Crippen molar-refractivity contribution in [3.05, 3.63) is 40.5 Å². The lowest BCUT2D eigenvalue weighted by Crippen LogP contribution is -2.45. The van der Waals surface area contributed by atoms with Crippen molar-refractivity contribution in [2.45, 2.75) is 39.0 Å². The zero-order valence-electron chi connectivity index (χ0n) is 16.1. The van der Waals surface area contributed by atoms with Crippen molar-refractivity contribution in [2.24, 2.45) is 4.99 Å². The van der Waals surface area contributed by atoms with Crippen LogP contribution >= 0.6 is 0 Å². The van der Waals surface area contributed by atoms with Gasteiger partial charge in [0.15, 0.2) is 1.41 Å². The van der Waals surface area contributed by atoms with Crippen molar-refractivity contribution < 1.29 is 19.4 Å². The van der Waals surface area contributed by atoms with E-state index in [9.17, 15) is 18.0 Å². The Bertz CT molecular complexity index is 915. The van der Waals surface area contributed by atoms with Gasteiger partial charge in [-0.1, -0.05) is 0 Å². The van der Waals surface area contributed by atoms with E-state index in [-0.39, 0.29) is 24.6 Å². The number of rotatable bonds is 1. The molecule has 1 unspecified atom stereocenters. The van der Waals surface area contributed by atoms with Crippen molar-refractivity contribution >= 4 is 12.0 Å². The molecule has 1 atom stereocenters. The van der Waals surface area contributed by atoms with Crippen molar-refractivity contribution in [3.8, 4) is 0 Å². The molecule has 0 aromatic carbocycles. The molecule has 2 amide bonds. The number of fused-ring (bicyclic) bond motifs is 2. The predicted octanol–water partition coefficient (Wildman–Crippen LogP) is 2.32. The lowest BCUT2D eigenvalue weighted by Gasteiger charge is -2.36. The summed E-state index contributed by atoms with van der Waals surface area (Å²) in [6.45, 7) is 4.48. The number of aromatic nitrogens is 1. The molecule has 3 aliphatic heterocycles. The van der Waals surface area contributed by atoms with Gasteiger partial charge >= 0.3 is 12.2 Å². The van der Waals surface area contributed by atoms with E-state index in [1.165, 1.54) is 11.9 Å². The van der Waals surface area contributed by atoms with Gasteiger partial charge in [0.2, 0.25) is 5.96 Å². The topological polar surface area (TPSA) is 64.1 Å². The van der Waals surface area contributed by atoms with Gasteiger partial charge in [0, 0.05) is 38.4 Å². The third kappa shape index (κ3) is 2.79. The third-order valence-electron chi connectivity index (χ3n) is 5.18. The zero-order chi connectivity index (χ0) is 20.4. The van der Waals surface area contributed by atoms with Crippen LogP contribution in [-0.4, -0.2) is 51.4 Å². The van der Waals surface area contributed by atoms with Crippen LogP contribution in [0.2, 0.25) is 1.41 Å². The molecule has 27 heavy (non-hydrogen) atoms. The number of amides is 2. The summed E-state index contributed by atoms with van der Waals surface area (Å²) < 4.78 is 47.2. The fourth-order valence-electron chi connectivity index (χ4n) is 3.53. The van der Waals surface area contributed by atoms with Crippen molar-refractivity contribution in [2.75, 3.05) is 13.6 Å². The van der Waals surface area contributed by atoms with E-state index < -0.39 is 11.7 Å². The first kappa shape index (κ1) is 16.4. The second-order valence-electron chi connectivity index (χ2n) is 6.87. The quantitative estimate of drug-likeness (QED) is 0.811. The molecule has 0 spiro atoms. The maximum atomic E-state index is 13.0. The van der Waals surface area contributed by atoms with Crippen LogP contribution in [0.3, 0.4) is 0 Å². The van der Waals surface area contributed by atoms with E-state index in [0.717, 1.165) is 28.3 Å². The van der Waals surface area contributed by atoms with E-state index in [0.29, 0.717) is 30.0 Å². The minimum Gasteiger partial charge on any atom is -0.352 e. The highest BCUT2D eigenvalue weighted by Crippen LogP contribution is 2.33. The van der Waals surface area contributed by atoms with Gasteiger partial charge < -0.3 is 4.90 Å². The second-order valence-corrected chi connectivity index (χ2v) is 6.87. The number of hydrogen-bond acceptors (Lipinski definition) is 5. The first-order chi connectivity index (χ1) is 13.1. The second kappa shape index (κ2) is 5.86. The number of urea groups is 1. The summed E-state index contributed by atoms with van der Waals surface area (Å²) in [6, 6.07) is 0.483. The summed E-state index contributed by atoms with van der Waals surface area (Å²) in [5.41, 5.74) is 2.14. The number of nitrogens with one attached hydrogen (secondary N) is 1. The molecule has 1 aromatic heterocycles. The number of guanidine groups is 1. The Morgan fingerprint density at radius 2 is 2.15 bits per heavy atom. The number of hydrazine groups is 1. The number of carbonyl (C=O) groups is 1. The summed E-state index contributed by atoms with van der Waals surface area (Å²) in [5, 5.41) is 1.15. The van der Waals surface area contributed by atoms with Crippen LogP contribution in [0.4, 0.5) is 18.0 Å². The van der Waals surface area contributed by atoms with E-state index in [2.05, 4.69) is 9.98 Å². The molecule has 0 saturated carbocycles. The average molecular weight is 381 g/mol. The number of alkyl halides is 3. The number of nitrogens with zero attached hydrogens (tertiary/aromatic N) is 5. The van der Waals surface area contributed by atoms with Gasteiger partial charge in [-0.2, -0.15) is 18.2 Å². The Balaban J connectivity index is 1.68. The fraction of sp³-hybridized carbons (Fsp3) is 0.471. The summed E-state index contributed by atoms with van der Waals surface area (Å²) in [5.74, 6) is 0.774. The molecular formula is C17H19F3N6O. The maximum absolute atomic E-state index is 13.0. The lowest BCUT2D eigenvalue weighted by atomic mass is 10.0. The van der Waals surface area contributed by atoms with Crippen LogP contribution in [0, 0.1) is 0 Å². The highest BCUT2D eigenvalue weighted by Gasteiger charge is 2.41. The first-order valence-electron chi connectivity index (χ1n) is 8.99. The van der Waals surface area contributed by atoms with Gasteiger partial charge in [0.1, 0.15) is 5.82 Å². The van der Waals surface area contributed by atoms with Gasteiger partial charge in [-0.15, -0.1) is 0 Å². The molecule has 1 aromatic rings. The molecule has 0 aliphatic carbocycles. The standard InChI is InChI=1S/C17H19F3N6O/c1-9-10(2)26-15(23-24(3)16(26)27)22-14(9)25-5-4-13-11(8-25)6-12(7-21-13)17(18,19)20/h6-7,10H,4-5,8H2,1-3H3,(H,22,23)/i/hD. The normalized spacial score (nSPS) is 23.5. The van der Waals surface area contributed by atoms with Crippen molar-refractivity contribution in [3.63, 3.8) is 0 Å². The van der Waals surface area contributed by atoms with Gasteiger partial charge in [0.05, 0.1) is 11.6 Å². The molecule has 0 radical (unpaired) electrons. The molecule has 7 nitrogen and oxygen atoms in total.